The van der Waals surface area contributed by atoms with Gasteiger partial charge in [0.2, 0.25) is 0 Å². The molecular weight excluding hydrogens is 318 g/mol. The SMILES string of the molecule is Cc1nc(N)sc1-c1ccc2c(/C=C/c3ccccn3)n[nH]c2c1. The van der Waals surface area contributed by atoms with Gasteiger partial charge in [0.05, 0.1) is 27.5 Å². The van der Waals surface area contributed by atoms with Gasteiger partial charge in [-0.05, 0) is 48.9 Å². The van der Waals surface area contributed by atoms with Crippen LogP contribution in [0.5, 0.6) is 0 Å². The van der Waals surface area contributed by atoms with Gasteiger partial charge in [-0.15, -0.1) is 0 Å². The number of aryl methyl sites for hydroxylation is 1. The summed E-state index contributed by atoms with van der Waals surface area (Å²) in [7, 11) is 0. The Kier molecular flexibility index (Phi) is 3.59. The highest BCUT2D eigenvalue weighted by Crippen LogP contribution is 2.33. The largest absolute Gasteiger partial charge is 0.375 e. The van der Waals surface area contributed by atoms with Crippen molar-refractivity contribution in [3.05, 3.63) is 59.7 Å². The summed E-state index contributed by atoms with van der Waals surface area (Å²) in [6.07, 6.45) is 5.70. The van der Waals surface area contributed by atoms with Crippen LogP contribution in [0.2, 0.25) is 0 Å². The summed E-state index contributed by atoms with van der Waals surface area (Å²) in [4.78, 5) is 9.66. The fourth-order valence-electron chi connectivity index (χ4n) is 2.63. The standard InChI is InChI=1S/C18H15N5S/c1-11-17(24-18(19)21-11)12-5-7-14-15(22-23-16(14)10-12)8-6-13-4-2-3-9-20-13/h2-10H,1H3,(H2,19,21)(H,22,23)/b8-6+. The number of aromatic nitrogens is 4. The Hall–Kier alpha value is -2.99. The Balaban J connectivity index is 1.71. The minimum absolute atomic E-state index is 0.589. The van der Waals surface area contributed by atoms with Gasteiger partial charge in [-0.2, -0.15) is 5.10 Å². The summed E-state index contributed by atoms with van der Waals surface area (Å²) < 4.78 is 0. The van der Waals surface area contributed by atoms with Gasteiger partial charge in [0.15, 0.2) is 5.13 Å². The van der Waals surface area contributed by atoms with Gasteiger partial charge in [0.1, 0.15) is 0 Å². The summed E-state index contributed by atoms with van der Waals surface area (Å²) in [5.41, 5.74) is 10.6. The predicted molar refractivity (Wildman–Crippen MR) is 99.5 cm³/mol. The van der Waals surface area contributed by atoms with Crippen molar-refractivity contribution in [3.63, 3.8) is 0 Å². The van der Waals surface area contributed by atoms with E-state index in [0.29, 0.717) is 5.13 Å². The van der Waals surface area contributed by atoms with Crippen LogP contribution < -0.4 is 5.73 Å². The van der Waals surface area contributed by atoms with Crippen molar-refractivity contribution in [2.24, 2.45) is 0 Å². The predicted octanol–water partition coefficient (Wildman–Crippen LogP) is 4.14. The van der Waals surface area contributed by atoms with Crippen molar-refractivity contribution < 1.29 is 0 Å². The quantitative estimate of drug-likeness (QED) is 0.590. The lowest BCUT2D eigenvalue weighted by Crippen LogP contribution is -1.81. The number of aromatic amines is 1. The first-order chi connectivity index (χ1) is 11.7. The maximum Gasteiger partial charge on any atom is 0.180 e. The molecule has 0 aliphatic carbocycles. The third-order valence-electron chi connectivity index (χ3n) is 3.77. The number of thiazole rings is 1. The first-order valence-corrected chi connectivity index (χ1v) is 8.33. The molecule has 6 heteroatoms. The number of anilines is 1. The molecule has 0 unspecified atom stereocenters. The van der Waals surface area contributed by atoms with E-state index >= 15 is 0 Å². The zero-order valence-electron chi connectivity index (χ0n) is 13.0. The minimum atomic E-state index is 0.589. The average Bonchev–Trinajstić information content (AvgIpc) is 3.16. The molecule has 0 aliphatic heterocycles. The average molecular weight is 333 g/mol. The summed E-state index contributed by atoms with van der Waals surface area (Å²) in [6, 6.07) is 12.1. The van der Waals surface area contributed by atoms with E-state index in [4.69, 9.17) is 5.73 Å². The lowest BCUT2D eigenvalue weighted by molar-refractivity contribution is 1.11. The van der Waals surface area contributed by atoms with E-state index < -0.39 is 0 Å². The van der Waals surface area contributed by atoms with Crippen molar-refractivity contribution in [1.82, 2.24) is 20.2 Å². The van der Waals surface area contributed by atoms with Crippen LogP contribution in [0, 0.1) is 6.92 Å². The van der Waals surface area contributed by atoms with E-state index in [1.165, 1.54) is 11.3 Å². The Bertz CT molecular complexity index is 1030. The van der Waals surface area contributed by atoms with E-state index in [0.717, 1.165) is 38.4 Å². The molecule has 0 bridgehead atoms. The molecular formula is C18H15N5S. The maximum absolute atomic E-state index is 5.80. The first-order valence-electron chi connectivity index (χ1n) is 7.51. The van der Waals surface area contributed by atoms with Gasteiger partial charge in [-0.25, -0.2) is 4.98 Å². The molecule has 1 aromatic carbocycles. The lowest BCUT2D eigenvalue weighted by atomic mass is 10.1. The van der Waals surface area contributed by atoms with Crippen molar-refractivity contribution in [3.8, 4) is 10.4 Å². The van der Waals surface area contributed by atoms with Crippen molar-refractivity contribution in [2.45, 2.75) is 6.92 Å². The number of nitrogens with two attached hydrogens (primary N) is 1. The second-order valence-corrected chi connectivity index (χ2v) is 6.45. The van der Waals surface area contributed by atoms with E-state index in [1.54, 1.807) is 6.20 Å². The highest BCUT2D eigenvalue weighted by Gasteiger charge is 2.10. The van der Waals surface area contributed by atoms with Crippen LogP contribution in [-0.4, -0.2) is 20.2 Å². The van der Waals surface area contributed by atoms with Gasteiger partial charge in [-0.1, -0.05) is 23.5 Å². The molecule has 3 aromatic heterocycles. The number of benzene rings is 1. The summed E-state index contributed by atoms with van der Waals surface area (Å²) in [6.45, 7) is 1.97. The number of nitrogen functional groups attached to an aromatic ring is 1. The van der Waals surface area contributed by atoms with Gasteiger partial charge in [-0.3, -0.25) is 10.1 Å². The topological polar surface area (TPSA) is 80.5 Å². The molecule has 24 heavy (non-hydrogen) atoms. The van der Waals surface area contributed by atoms with Gasteiger partial charge < -0.3 is 5.73 Å². The summed E-state index contributed by atoms with van der Waals surface area (Å²) >= 11 is 1.50. The molecule has 0 fully saturated rings. The number of rotatable bonds is 3. The molecule has 0 radical (unpaired) electrons. The Morgan fingerprint density at radius 1 is 1.17 bits per heavy atom. The fraction of sp³-hybridized carbons (Fsp3) is 0.0556. The summed E-state index contributed by atoms with van der Waals surface area (Å²) in [5, 5.41) is 9.15. The van der Waals surface area contributed by atoms with Crippen LogP contribution in [0.25, 0.3) is 33.5 Å². The van der Waals surface area contributed by atoms with Crippen molar-refractivity contribution in [1.29, 1.82) is 0 Å². The molecule has 5 nitrogen and oxygen atoms in total. The number of nitrogens with one attached hydrogen (secondary N) is 1. The van der Waals surface area contributed by atoms with E-state index in [1.807, 2.05) is 37.3 Å². The smallest absolute Gasteiger partial charge is 0.180 e. The molecule has 0 aliphatic rings. The second-order valence-electron chi connectivity index (χ2n) is 5.42. The second kappa shape index (κ2) is 5.90. The molecule has 0 spiro atoms. The number of hydrogen-bond donors (Lipinski definition) is 2. The number of pyridine rings is 1. The Morgan fingerprint density at radius 3 is 2.83 bits per heavy atom. The molecule has 0 atom stereocenters. The van der Waals surface area contributed by atoms with Crippen LogP contribution >= 0.6 is 11.3 Å². The number of H-pyrrole nitrogens is 1. The third kappa shape index (κ3) is 2.68. The fourth-order valence-corrected chi connectivity index (χ4v) is 3.46. The minimum Gasteiger partial charge on any atom is -0.375 e. The molecule has 118 valence electrons. The molecule has 0 amide bonds. The van der Waals surface area contributed by atoms with Gasteiger partial charge >= 0.3 is 0 Å². The molecule has 3 N–H and O–H groups in total. The zero-order chi connectivity index (χ0) is 16.5. The Labute approximate surface area is 142 Å². The van der Waals surface area contributed by atoms with Crippen LogP contribution in [0.4, 0.5) is 5.13 Å². The number of nitrogens with zero attached hydrogens (tertiary/aromatic N) is 3. The molecule has 0 saturated heterocycles. The molecule has 4 aromatic rings. The molecule has 3 heterocycles. The van der Waals surface area contributed by atoms with Crippen molar-refractivity contribution >= 4 is 39.5 Å². The van der Waals surface area contributed by atoms with Crippen LogP contribution in [0.15, 0.2) is 42.6 Å². The lowest BCUT2D eigenvalue weighted by Gasteiger charge is -1.99. The van der Waals surface area contributed by atoms with Crippen LogP contribution in [-0.2, 0) is 0 Å². The normalized spacial score (nSPS) is 11.5. The number of fused-ring (bicyclic) bond motifs is 1. The highest BCUT2D eigenvalue weighted by molar-refractivity contribution is 7.18. The Morgan fingerprint density at radius 2 is 2.08 bits per heavy atom. The number of hydrogen-bond acceptors (Lipinski definition) is 5. The first kappa shape index (κ1) is 14.6. The van der Waals surface area contributed by atoms with E-state index in [2.05, 4.69) is 38.4 Å². The molecule has 4 rings (SSSR count). The monoisotopic (exact) mass is 333 g/mol. The molecule has 0 saturated carbocycles. The zero-order valence-corrected chi connectivity index (χ0v) is 13.8. The van der Waals surface area contributed by atoms with Crippen molar-refractivity contribution in [2.75, 3.05) is 5.73 Å². The highest BCUT2D eigenvalue weighted by atomic mass is 32.1. The third-order valence-corrected chi connectivity index (χ3v) is 4.80. The van der Waals surface area contributed by atoms with Gasteiger partial charge in [0.25, 0.3) is 0 Å². The van der Waals surface area contributed by atoms with Crippen LogP contribution in [0.3, 0.4) is 0 Å². The van der Waals surface area contributed by atoms with Crippen LogP contribution in [0.1, 0.15) is 17.1 Å². The summed E-state index contributed by atoms with van der Waals surface area (Å²) in [5.74, 6) is 0. The van der Waals surface area contributed by atoms with Gasteiger partial charge in [0, 0.05) is 11.6 Å². The van der Waals surface area contributed by atoms with E-state index in [9.17, 15) is 0 Å². The maximum atomic E-state index is 5.80. The van der Waals surface area contributed by atoms with E-state index in [-0.39, 0.29) is 0 Å².